The van der Waals surface area contributed by atoms with Crippen molar-refractivity contribution in [1.29, 1.82) is 0 Å². The molecule has 2 fully saturated rings. The molecule has 2 aromatic heterocycles. The Hall–Kier alpha value is -3.20. The van der Waals surface area contributed by atoms with Crippen LogP contribution in [0.5, 0.6) is 0 Å². The molecule has 1 spiro atoms. The van der Waals surface area contributed by atoms with E-state index in [0.717, 1.165) is 36.1 Å². The Morgan fingerprint density at radius 2 is 1.84 bits per heavy atom. The second kappa shape index (κ2) is 8.05. The lowest BCUT2D eigenvalue weighted by Crippen LogP contribution is -2.47. The van der Waals surface area contributed by atoms with E-state index in [1.165, 1.54) is 5.56 Å². The number of hydrogen-bond donors (Lipinski definition) is 1. The van der Waals surface area contributed by atoms with Crippen molar-refractivity contribution in [2.75, 3.05) is 25.0 Å². The predicted molar refractivity (Wildman–Crippen MR) is 116 cm³/mol. The smallest absolute Gasteiger partial charge is 0.324 e. The molecule has 3 aromatic rings. The van der Waals surface area contributed by atoms with Crippen molar-refractivity contribution in [2.24, 2.45) is 0 Å². The van der Waals surface area contributed by atoms with Crippen LogP contribution in [-0.2, 0) is 4.74 Å². The molecule has 0 bridgehead atoms. The van der Waals surface area contributed by atoms with Crippen molar-refractivity contribution in [3.8, 4) is 11.5 Å². The third-order valence-electron chi connectivity index (χ3n) is 6.65. The number of urea groups is 1. The molecule has 32 heavy (non-hydrogen) atoms. The average Bonchev–Trinajstić information content (AvgIpc) is 3.51. The molecular weight excluding hydrogens is 410 g/mol. The number of carbonyl (C=O) groups is 1. The quantitative estimate of drug-likeness (QED) is 0.654. The van der Waals surface area contributed by atoms with Crippen molar-refractivity contribution in [3.63, 3.8) is 0 Å². The number of benzene rings is 1. The standard InChI is InChI=1S/C23H27N5O4/c1-14-4-6-17(7-5-14)21-24-19(27-32-21)18-12-23(30-13-18)8-10-28(11-9-23)22(29)25-20-15(2)16(3)26-31-20/h4-7,18H,8-13H2,1-3H3,(H,25,29). The van der Waals surface area contributed by atoms with Crippen molar-refractivity contribution >= 4 is 11.9 Å². The third kappa shape index (κ3) is 3.88. The molecule has 168 valence electrons. The minimum Gasteiger partial charge on any atom is -0.374 e. The van der Waals surface area contributed by atoms with Crippen LogP contribution in [0, 0.1) is 20.8 Å². The summed E-state index contributed by atoms with van der Waals surface area (Å²) in [6.07, 6.45) is 2.37. The van der Waals surface area contributed by atoms with Crippen LogP contribution >= 0.6 is 0 Å². The third-order valence-corrected chi connectivity index (χ3v) is 6.65. The van der Waals surface area contributed by atoms with Gasteiger partial charge in [0, 0.05) is 30.1 Å². The fraction of sp³-hybridized carbons (Fsp3) is 0.478. The van der Waals surface area contributed by atoms with E-state index in [1.54, 1.807) is 4.90 Å². The molecule has 2 aliphatic heterocycles. The van der Waals surface area contributed by atoms with Crippen LogP contribution in [-0.4, -0.2) is 51.5 Å². The number of nitrogens with one attached hydrogen (secondary N) is 1. The first kappa shape index (κ1) is 20.7. The van der Waals surface area contributed by atoms with Gasteiger partial charge in [0.25, 0.3) is 5.89 Å². The summed E-state index contributed by atoms with van der Waals surface area (Å²) in [6.45, 7) is 7.57. The van der Waals surface area contributed by atoms with Crippen molar-refractivity contribution in [1.82, 2.24) is 20.2 Å². The summed E-state index contributed by atoms with van der Waals surface area (Å²) in [4.78, 5) is 19.0. The van der Waals surface area contributed by atoms with E-state index >= 15 is 0 Å². The van der Waals surface area contributed by atoms with Gasteiger partial charge in [-0.25, -0.2) is 4.79 Å². The number of rotatable bonds is 3. The highest BCUT2D eigenvalue weighted by Crippen LogP contribution is 2.42. The van der Waals surface area contributed by atoms with E-state index in [9.17, 15) is 4.79 Å². The second-order valence-electron chi connectivity index (χ2n) is 8.86. The van der Waals surface area contributed by atoms with Gasteiger partial charge in [-0.05, 0) is 52.2 Å². The number of aromatic nitrogens is 3. The monoisotopic (exact) mass is 437 g/mol. The largest absolute Gasteiger partial charge is 0.374 e. The molecule has 0 saturated carbocycles. The number of amides is 2. The maximum atomic E-state index is 12.6. The van der Waals surface area contributed by atoms with Crippen LogP contribution in [0.2, 0.25) is 0 Å². The van der Waals surface area contributed by atoms with E-state index in [1.807, 2.05) is 45.0 Å². The van der Waals surface area contributed by atoms with Crippen molar-refractivity contribution in [3.05, 3.63) is 46.9 Å². The number of carbonyl (C=O) groups excluding carboxylic acids is 1. The van der Waals surface area contributed by atoms with E-state index < -0.39 is 0 Å². The molecule has 9 heteroatoms. The summed E-state index contributed by atoms with van der Waals surface area (Å²) >= 11 is 0. The normalized spacial score (nSPS) is 20.1. The van der Waals surface area contributed by atoms with Crippen LogP contribution in [0.1, 0.15) is 47.8 Å². The van der Waals surface area contributed by atoms with Gasteiger partial charge >= 0.3 is 6.03 Å². The number of ether oxygens (including phenoxy) is 1. The fourth-order valence-electron chi connectivity index (χ4n) is 4.40. The second-order valence-corrected chi connectivity index (χ2v) is 8.86. The average molecular weight is 438 g/mol. The van der Waals surface area contributed by atoms with Gasteiger partial charge in [0.15, 0.2) is 5.82 Å². The Morgan fingerprint density at radius 3 is 2.53 bits per heavy atom. The Morgan fingerprint density at radius 1 is 1.09 bits per heavy atom. The highest BCUT2D eigenvalue weighted by molar-refractivity contribution is 5.88. The number of hydrogen-bond acceptors (Lipinski definition) is 7. The van der Waals surface area contributed by atoms with E-state index in [4.69, 9.17) is 13.8 Å². The van der Waals surface area contributed by atoms with Gasteiger partial charge in [-0.15, -0.1) is 0 Å². The highest BCUT2D eigenvalue weighted by atomic mass is 16.5. The SMILES string of the molecule is Cc1ccc(-c2nc(C3COC4(CCN(C(=O)Nc5onc(C)c5C)CC4)C3)no2)cc1. The molecule has 2 amide bonds. The maximum Gasteiger partial charge on any atom is 0.324 e. The van der Waals surface area contributed by atoms with Crippen LogP contribution in [0.15, 0.2) is 33.3 Å². The summed E-state index contributed by atoms with van der Waals surface area (Å²) in [5, 5.41) is 10.9. The van der Waals surface area contributed by atoms with E-state index in [2.05, 4.69) is 20.6 Å². The minimum atomic E-state index is -0.245. The van der Waals surface area contributed by atoms with Gasteiger partial charge in [0.2, 0.25) is 5.88 Å². The van der Waals surface area contributed by atoms with E-state index in [-0.39, 0.29) is 17.6 Å². The zero-order chi connectivity index (χ0) is 22.3. The zero-order valence-corrected chi connectivity index (χ0v) is 18.6. The molecule has 0 radical (unpaired) electrons. The Balaban J connectivity index is 1.18. The predicted octanol–water partition coefficient (Wildman–Crippen LogP) is 4.22. The zero-order valence-electron chi connectivity index (χ0n) is 18.6. The topological polar surface area (TPSA) is 107 Å². The Kier molecular flexibility index (Phi) is 5.21. The molecular formula is C23H27N5O4. The first-order valence-corrected chi connectivity index (χ1v) is 11.0. The van der Waals surface area contributed by atoms with Gasteiger partial charge in [-0.1, -0.05) is 28.0 Å². The Labute approximate surface area is 186 Å². The highest BCUT2D eigenvalue weighted by Gasteiger charge is 2.45. The lowest BCUT2D eigenvalue weighted by Gasteiger charge is -2.38. The molecule has 4 heterocycles. The maximum absolute atomic E-state index is 12.6. The molecule has 2 saturated heterocycles. The van der Waals surface area contributed by atoms with Crippen molar-refractivity contribution < 1.29 is 18.6 Å². The van der Waals surface area contributed by atoms with Crippen LogP contribution in [0.3, 0.4) is 0 Å². The number of likely N-dealkylation sites (tertiary alicyclic amines) is 1. The molecule has 2 aliphatic rings. The Bertz CT molecular complexity index is 1110. The van der Waals surface area contributed by atoms with Gasteiger partial charge in [0.05, 0.1) is 17.9 Å². The molecule has 9 nitrogen and oxygen atoms in total. The number of piperidine rings is 1. The molecule has 5 rings (SSSR count). The van der Waals surface area contributed by atoms with Gasteiger partial charge < -0.3 is 18.7 Å². The molecule has 1 N–H and O–H groups in total. The summed E-state index contributed by atoms with van der Waals surface area (Å²) in [6, 6.07) is 7.86. The summed E-state index contributed by atoms with van der Waals surface area (Å²) in [7, 11) is 0. The van der Waals surface area contributed by atoms with E-state index in [0.29, 0.717) is 37.3 Å². The summed E-state index contributed by atoms with van der Waals surface area (Å²) < 4.78 is 16.9. The lowest BCUT2D eigenvalue weighted by molar-refractivity contribution is -0.0355. The number of anilines is 1. The molecule has 1 aromatic carbocycles. The first-order chi connectivity index (χ1) is 15.4. The molecule has 1 atom stereocenters. The summed E-state index contributed by atoms with van der Waals surface area (Å²) in [5.41, 5.74) is 3.48. The number of aryl methyl sites for hydroxylation is 2. The van der Waals surface area contributed by atoms with Crippen LogP contribution < -0.4 is 5.32 Å². The van der Waals surface area contributed by atoms with Crippen LogP contribution in [0.25, 0.3) is 11.5 Å². The number of nitrogens with zero attached hydrogens (tertiary/aromatic N) is 4. The summed E-state index contributed by atoms with van der Waals surface area (Å²) in [5.74, 6) is 1.73. The van der Waals surface area contributed by atoms with Gasteiger partial charge in [-0.2, -0.15) is 4.98 Å². The van der Waals surface area contributed by atoms with Crippen LogP contribution in [0.4, 0.5) is 10.7 Å². The fourth-order valence-corrected chi connectivity index (χ4v) is 4.40. The van der Waals surface area contributed by atoms with Crippen molar-refractivity contribution in [2.45, 2.75) is 51.6 Å². The first-order valence-electron chi connectivity index (χ1n) is 11.0. The van der Waals surface area contributed by atoms with Gasteiger partial charge in [-0.3, -0.25) is 5.32 Å². The van der Waals surface area contributed by atoms with Gasteiger partial charge in [0.1, 0.15) is 0 Å². The molecule has 1 unspecified atom stereocenters. The molecule has 0 aliphatic carbocycles. The minimum absolute atomic E-state index is 0.0955. The lowest BCUT2D eigenvalue weighted by atomic mass is 9.85.